The van der Waals surface area contributed by atoms with Crippen molar-refractivity contribution in [1.82, 2.24) is 10.3 Å². The Morgan fingerprint density at radius 3 is 2.35 bits per heavy atom. The maximum Gasteiger partial charge on any atom is 0.248 e. The van der Waals surface area contributed by atoms with Gasteiger partial charge in [0.05, 0.1) is 18.2 Å². The van der Waals surface area contributed by atoms with E-state index >= 15 is 0 Å². The highest BCUT2D eigenvalue weighted by Crippen LogP contribution is 2.28. The number of benzene rings is 3. The Balaban J connectivity index is 1.27. The molecule has 176 valence electrons. The van der Waals surface area contributed by atoms with E-state index in [0.29, 0.717) is 36.2 Å². The molecule has 0 radical (unpaired) electrons. The van der Waals surface area contributed by atoms with Crippen LogP contribution in [0.2, 0.25) is 0 Å². The molecule has 4 aromatic rings. The largest absolute Gasteiger partial charge is 0.506 e. The summed E-state index contributed by atoms with van der Waals surface area (Å²) in [6.45, 7) is 3.68. The van der Waals surface area contributed by atoms with Gasteiger partial charge in [-0.1, -0.05) is 18.2 Å². The Kier molecular flexibility index (Phi) is 7.47. The number of anilines is 2. The number of fused-ring (bicyclic) bond motifs is 1. The van der Waals surface area contributed by atoms with Crippen LogP contribution in [0.5, 0.6) is 11.5 Å². The highest BCUT2D eigenvalue weighted by Gasteiger charge is 2.13. The number of phenolic OH excluding ortho intramolecular Hbond substituents is 1. The molecule has 0 aliphatic rings. The van der Waals surface area contributed by atoms with Crippen LogP contribution >= 0.6 is 0 Å². The van der Waals surface area contributed by atoms with Crippen LogP contribution in [0.25, 0.3) is 10.9 Å². The zero-order valence-corrected chi connectivity index (χ0v) is 19.0. The van der Waals surface area contributed by atoms with Crippen molar-refractivity contribution in [1.29, 1.82) is 0 Å². The molecule has 0 aliphatic carbocycles. The minimum Gasteiger partial charge on any atom is -0.506 e. The lowest BCUT2D eigenvalue weighted by atomic mass is 10.0. The smallest absolute Gasteiger partial charge is 0.248 e. The monoisotopic (exact) mass is 459 g/mol. The molecule has 1 heterocycles. The van der Waals surface area contributed by atoms with Crippen molar-refractivity contribution in [3.63, 3.8) is 0 Å². The number of rotatable bonds is 10. The summed E-state index contributed by atoms with van der Waals surface area (Å²) in [7, 11) is 0. The molecule has 3 aromatic carbocycles. The number of aromatic nitrogens is 1. The van der Waals surface area contributed by atoms with Gasteiger partial charge in [-0.25, -0.2) is 0 Å². The molecule has 0 fully saturated rings. The molecule has 7 heteroatoms. The number of hydrogen-bond acceptors (Lipinski definition) is 6. The van der Waals surface area contributed by atoms with Gasteiger partial charge in [0, 0.05) is 29.4 Å². The van der Waals surface area contributed by atoms with E-state index in [-0.39, 0.29) is 11.3 Å². The number of hydrogen-bond donors (Lipinski definition) is 5. The van der Waals surface area contributed by atoms with Crippen LogP contribution < -0.4 is 20.9 Å². The SMILES string of the molecule is CCOc1ccc(Nc2ccc(CCNCC(O)c3ccc(O)c4[nH]c(=O)ccc34)cc2)cc1. The van der Waals surface area contributed by atoms with Crippen LogP contribution in [0.15, 0.2) is 77.6 Å². The summed E-state index contributed by atoms with van der Waals surface area (Å²) in [4.78, 5) is 14.2. The Labute approximate surface area is 198 Å². The molecule has 4 rings (SSSR count). The van der Waals surface area contributed by atoms with Crippen molar-refractivity contribution in [3.05, 3.63) is 94.3 Å². The fourth-order valence-electron chi connectivity index (χ4n) is 3.85. The van der Waals surface area contributed by atoms with E-state index in [1.807, 2.05) is 43.3 Å². The number of aliphatic hydroxyl groups is 1. The second kappa shape index (κ2) is 10.9. The van der Waals surface area contributed by atoms with Crippen molar-refractivity contribution >= 4 is 22.3 Å². The normalized spacial score (nSPS) is 11.9. The number of pyridine rings is 1. The summed E-state index contributed by atoms with van der Waals surface area (Å²) in [6, 6.07) is 22.3. The zero-order valence-electron chi connectivity index (χ0n) is 19.0. The molecule has 7 nitrogen and oxygen atoms in total. The van der Waals surface area contributed by atoms with Gasteiger partial charge in [-0.2, -0.15) is 0 Å². The number of aromatic amines is 1. The maximum absolute atomic E-state index is 11.6. The number of aliphatic hydroxyl groups excluding tert-OH is 1. The van der Waals surface area contributed by atoms with Crippen LogP contribution in [0.1, 0.15) is 24.2 Å². The molecule has 0 saturated heterocycles. The molecule has 0 amide bonds. The fraction of sp³-hybridized carbons (Fsp3) is 0.222. The van der Waals surface area contributed by atoms with E-state index < -0.39 is 6.10 Å². The number of aromatic hydroxyl groups is 1. The Morgan fingerprint density at radius 1 is 0.941 bits per heavy atom. The Hall–Kier alpha value is -3.81. The fourth-order valence-corrected chi connectivity index (χ4v) is 3.85. The van der Waals surface area contributed by atoms with Crippen LogP contribution in [0.3, 0.4) is 0 Å². The van der Waals surface area contributed by atoms with E-state index in [1.54, 1.807) is 12.1 Å². The molecular formula is C27H29N3O4. The molecule has 1 unspecified atom stereocenters. The highest BCUT2D eigenvalue weighted by atomic mass is 16.5. The van der Waals surface area contributed by atoms with Crippen LogP contribution in [0.4, 0.5) is 11.4 Å². The number of ether oxygens (including phenoxy) is 1. The molecule has 1 atom stereocenters. The molecule has 0 aliphatic heterocycles. The van der Waals surface area contributed by atoms with Gasteiger partial charge < -0.3 is 30.6 Å². The van der Waals surface area contributed by atoms with E-state index in [4.69, 9.17) is 4.74 Å². The second-order valence-corrected chi connectivity index (χ2v) is 8.03. The van der Waals surface area contributed by atoms with Gasteiger partial charge in [-0.3, -0.25) is 4.79 Å². The Morgan fingerprint density at radius 2 is 1.65 bits per heavy atom. The third-order valence-electron chi connectivity index (χ3n) is 5.60. The maximum atomic E-state index is 11.6. The average Bonchev–Trinajstić information content (AvgIpc) is 2.84. The van der Waals surface area contributed by atoms with Crippen LogP contribution in [-0.2, 0) is 6.42 Å². The summed E-state index contributed by atoms with van der Waals surface area (Å²) in [6.07, 6.45) is 0.0503. The summed E-state index contributed by atoms with van der Waals surface area (Å²) >= 11 is 0. The average molecular weight is 460 g/mol. The van der Waals surface area contributed by atoms with Gasteiger partial charge in [-0.05, 0) is 79.5 Å². The van der Waals surface area contributed by atoms with Crippen LogP contribution in [0, 0.1) is 0 Å². The van der Waals surface area contributed by atoms with Gasteiger partial charge in [-0.15, -0.1) is 0 Å². The quantitative estimate of drug-likeness (QED) is 0.227. The lowest BCUT2D eigenvalue weighted by Gasteiger charge is -2.15. The topological polar surface area (TPSA) is 107 Å². The first kappa shape index (κ1) is 23.4. The third-order valence-corrected chi connectivity index (χ3v) is 5.60. The van der Waals surface area contributed by atoms with E-state index in [1.165, 1.54) is 17.7 Å². The zero-order chi connectivity index (χ0) is 23.9. The molecular weight excluding hydrogens is 430 g/mol. The summed E-state index contributed by atoms with van der Waals surface area (Å²) in [5.74, 6) is 0.839. The lowest BCUT2D eigenvalue weighted by Crippen LogP contribution is -2.24. The highest BCUT2D eigenvalue weighted by molar-refractivity contribution is 5.87. The van der Waals surface area contributed by atoms with Crippen molar-refractivity contribution in [3.8, 4) is 11.5 Å². The van der Waals surface area contributed by atoms with Gasteiger partial charge in [0.2, 0.25) is 5.56 Å². The molecule has 0 spiro atoms. The first-order chi connectivity index (χ1) is 16.5. The number of nitrogens with one attached hydrogen (secondary N) is 3. The molecule has 0 saturated carbocycles. The van der Waals surface area contributed by atoms with E-state index in [9.17, 15) is 15.0 Å². The van der Waals surface area contributed by atoms with E-state index in [2.05, 4.69) is 27.8 Å². The summed E-state index contributed by atoms with van der Waals surface area (Å²) < 4.78 is 5.47. The number of phenols is 1. The standard InChI is InChI=1S/C27H29N3O4/c1-2-34-21-9-7-20(8-10-21)29-19-5-3-18(4-6-19)15-16-28-17-25(32)22-11-13-24(31)27-23(22)12-14-26(33)30-27/h3-14,25,28-29,31-32H,2,15-17H2,1H3,(H,30,33). The molecule has 5 N–H and O–H groups in total. The summed E-state index contributed by atoms with van der Waals surface area (Å²) in [5, 5.41) is 27.9. The molecule has 0 bridgehead atoms. The van der Waals surface area contributed by atoms with Crippen molar-refractivity contribution in [2.75, 3.05) is 25.0 Å². The lowest BCUT2D eigenvalue weighted by molar-refractivity contribution is 0.176. The Bertz CT molecular complexity index is 1280. The molecule has 1 aromatic heterocycles. The predicted octanol–water partition coefficient (Wildman–Crippen LogP) is 4.24. The van der Waals surface area contributed by atoms with Crippen molar-refractivity contribution < 1.29 is 14.9 Å². The van der Waals surface area contributed by atoms with Crippen LogP contribution in [-0.4, -0.2) is 34.9 Å². The predicted molar refractivity (Wildman–Crippen MR) is 135 cm³/mol. The summed E-state index contributed by atoms with van der Waals surface area (Å²) in [5.41, 5.74) is 3.88. The minimum absolute atomic E-state index is 0.0166. The number of H-pyrrole nitrogens is 1. The van der Waals surface area contributed by atoms with Crippen molar-refractivity contribution in [2.24, 2.45) is 0 Å². The first-order valence-corrected chi connectivity index (χ1v) is 11.4. The minimum atomic E-state index is -0.769. The van der Waals surface area contributed by atoms with Gasteiger partial charge >= 0.3 is 0 Å². The third kappa shape index (κ3) is 5.75. The van der Waals surface area contributed by atoms with Crippen molar-refractivity contribution in [2.45, 2.75) is 19.4 Å². The van der Waals surface area contributed by atoms with E-state index in [0.717, 1.165) is 23.5 Å². The second-order valence-electron chi connectivity index (χ2n) is 8.03. The molecule has 34 heavy (non-hydrogen) atoms. The first-order valence-electron chi connectivity index (χ1n) is 11.4. The van der Waals surface area contributed by atoms with Gasteiger partial charge in [0.25, 0.3) is 0 Å². The van der Waals surface area contributed by atoms with Gasteiger partial charge in [0.15, 0.2) is 0 Å². The van der Waals surface area contributed by atoms with Gasteiger partial charge in [0.1, 0.15) is 11.5 Å².